The van der Waals surface area contributed by atoms with Gasteiger partial charge in [0.15, 0.2) is 0 Å². The number of rotatable bonds is 4. The summed E-state index contributed by atoms with van der Waals surface area (Å²) in [5.41, 5.74) is 4.85. The molecule has 0 fully saturated rings. The Morgan fingerprint density at radius 3 is 2.50 bits per heavy atom. The molecule has 9 heteroatoms. The first-order chi connectivity index (χ1) is 7.26. The molecule has 1 unspecified atom stereocenters. The zero-order valence-electron chi connectivity index (χ0n) is 9.21. The summed E-state index contributed by atoms with van der Waals surface area (Å²) in [6.07, 6.45) is -1.78. The van der Waals surface area contributed by atoms with Gasteiger partial charge in [-0.15, -0.1) is 0 Å². The van der Waals surface area contributed by atoms with E-state index in [2.05, 4.69) is 8.85 Å². The van der Waals surface area contributed by atoms with E-state index >= 15 is 0 Å². The van der Waals surface area contributed by atoms with Crippen LogP contribution in [-0.4, -0.2) is 26.8 Å². The number of hydrogen-bond acceptors (Lipinski definition) is 4. The van der Waals surface area contributed by atoms with Gasteiger partial charge in [0, 0.05) is 0 Å². The number of halogens is 2. The number of alkyl carbamates (subject to hydrolysis) is 1. The van der Waals surface area contributed by atoms with Crippen molar-refractivity contribution in [3.05, 3.63) is 0 Å². The van der Waals surface area contributed by atoms with Crippen LogP contribution < -0.4 is 35.8 Å². The third-order valence-electron chi connectivity index (χ3n) is 1.14. The molecule has 0 saturated carbocycles. The van der Waals surface area contributed by atoms with Crippen molar-refractivity contribution in [1.29, 1.82) is 0 Å². The van der Waals surface area contributed by atoms with Gasteiger partial charge in [0.25, 0.3) is 0 Å². The van der Waals surface area contributed by atoms with Crippen LogP contribution in [0.2, 0.25) is 0 Å². The van der Waals surface area contributed by atoms with Gasteiger partial charge in [-0.05, 0) is 0 Å². The van der Waals surface area contributed by atoms with Gasteiger partial charge in [-0.2, -0.15) is 0 Å². The quantitative estimate of drug-likeness (QED) is 0.182. The topological polar surface area (TPSA) is 93.4 Å². The number of carbonyl (C=O) groups is 2. The molecule has 0 aliphatic carbocycles. The van der Waals surface area contributed by atoms with Crippen LogP contribution in [0.4, 0.5) is 4.79 Å². The molecule has 0 saturated heterocycles. The Morgan fingerprint density at radius 1 is 1.50 bits per heavy atom. The Morgan fingerprint density at radius 2 is 2.06 bits per heavy atom. The van der Waals surface area contributed by atoms with E-state index in [1.54, 1.807) is 20.8 Å². The molecule has 0 aliphatic rings. The summed E-state index contributed by atoms with van der Waals surface area (Å²) in [6.45, 7) is 5.19. The summed E-state index contributed by atoms with van der Waals surface area (Å²) in [4.78, 5) is 22.6. The van der Waals surface area contributed by atoms with Crippen molar-refractivity contribution < 1.29 is 35.6 Å². The van der Waals surface area contributed by atoms with Gasteiger partial charge in [-0.3, -0.25) is 0 Å². The van der Waals surface area contributed by atoms with Crippen LogP contribution in [0, 0.1) is 0 Å². The first kappa shape index (κ1) is 16.2. The summed E-state index contributed by atoms with van der Waals surface area (Å²) >= 11 is 1.53. The third kappa shape index (κ3) is 8.39. The van der Waals surface area contributed by atoms with Gasteiger partial charge in [0.2, 0.25) is 0 Å². The van der Waals surface area contributed by atoms with Crippen LogP contribution in [0.5, 0.6) is 0 Å². The van der Waals surface area contributed by atoms with E-state index in [1.807, 2.05) is 25.4 Å². The van der Waals surface area contributed by atoms with Crippen molar-refractivity contribution in [3.8, 4) is 0 Å². The molecule has 1 atom stereocenters. The Balaban J connectivity index is 3.99. The Hall–Kier alpha value is 0.225. The third-order valence-corrected chi connectivity index (χ3v) is 3.80. The van der Waals surface area contributed by atoms with Crippen LogP contribution in [0.15, 0.2) is 0 Å². The summed E-state index contributed by atoms with van der Waals surface area (Å²) < 4.78 is 9.41. The minimum absolute atomic E-state index is 0.411. The summed E-state index contributed by atoms with van der Waals surface area (Å²) in [5.74, 6) is -0.411. The molecule has 0 aromatic carbocycles. The first-order valence-electron chi connectivity index (χ1n) is 4.35. The van der Waals surface area contributed by atoms with Gasteiger partial charge >= 0.3 is 120 Å². The second-order valence-electron chi connectivity index (χ2n) is 3.77. The molecule has 0 bridgehead atoms. The molecule has 4 N–H and O–H groups in total. The van der Waals surface area contributed by atoms with E-state index in [1.165, 1.54) is 0 Å². The molecule has 2 amide bonds. The predicted molar refractivity (Wildman–Crippen MR) is 65.3 cm³/mol. The van der Waals surface area contributed by atoms with Crippen LogP contribution >= 0.6 is 22.4 Å². The summed E-state index contributed by atoms with van der Waals surface area (Å²) in [6, 6.07) is 0. The fourth-order valence-electron chi connectivity index (χ4n) is 0.633. The molecule has 0 heterocycles. The molecule has 0 aliphatic heterocycles. The second kappa shape index (κ2) is 7.53. The normalized spacial score (nSPS) is 12.8. The average Bonchev–Trinajstić information content (AvgIpc) is 2.10. The number of nitrogens with one attached hydrogen (secondary N) is 2. The summed E-state index contributed by atoms with van der Waals surface area (Å²) in [5, 5.41) is 2.25. The number of carbonyl (C=O) groups excluding carboxylic acids is 2. The van der Waals surface area contributed by atoms with Crippen molar-refractivity contribution in [3.63, 3.8) is 0 Å². The molecule has 0 spiro atoms. The van der Waals surface area contributed by atoms with Crippen LogP contribution in [-0.2, 0) is 9.53 Å². The summed E-state index contributed by atoms with van der Waals surface area (Å²) in [7, 11) is 0. The number of amides is 2. The fraction of sp³-hybridized carbons (Fsp3) is 0.714. The van der Waals surface area contributed by atoms with Crippen molar-refractivity contribution in [2.24, 2.45) is 5.73 Å². The molecular formula is C7H14BI2N3O3-. The van der Waals surface area contributed by atoms with E-state index in [9.17, 15) is 9.59 Å². The van der Waals surface area contributed by atoms with Crippen molar-refractivity contribution in [2.75, 3.05) is 0 Å². The average molecular weight is 453 g/mol. The van der Waals surface area contributed by atoms with Crippen LogP contribution in [0.1, 0.15) is 20.8 Å². The maximum absolute atomic E-state index is 11.3. The van der Waals surface area contributed by atoms with Gasteiger partial charge < -0.3 is 0 Å². The van der Waals surface area contributed by atoms with Crippen molar-refractivity contribution in [2.45, 2.75) is 32.5 Å². The zero-order valence-corrected chi connectivity index (χ0v) is 13.5. The molecule has 0 rings (SSSR count). The molecule has 16 heavy (non-hydrogen) atoms. The molecule has 0 aromatic heterocycles. The standard InChI is InChI=1S/C7H14BI2N3O3/c1-7(2,3)16-6(15)12-4(11)5(14)13-10-8-9/h4H,11H2,1-3H3,(H,12,15)(H,13,14)/q-1. The van der Waals surface area contributed by atoms with E-state index < -0.39 is 45.0 Å². The molecule has 0 aromatic rings. The SMILES string of the molecule is CC(C)(C)OC(=O)NC(N)C(=O)N[I-][B]I. The predicted octanol–water partition coefficient (Wildman–Crippen LogP) is -3.11. The molecule has 1 radical (unpaired) electrons. The maximum atomic E-state index is 11.3. The number of ether oxygens (including phenoxy) is 1. The minimum atomic E-state index is -1.08. The van der Waals surface area contributed by atoms with Gasteiger partial charge in [-0.1, -0.05) is 0 Å². The molecular weight excluding hydrogens is 439 g/mol. The van der Waals surface area contributed by atoms with E-state index in [0.717, 1.165) is 0 Å². The second-order valence-corrected chi connectivity index (χ2v) is 8.57. The van der Waals surface area contributed by atoms with Crippen LogP contribution in [0.25, 0.3) is 0 Å². The fourth-order valence-corrected chi connectivity index (χ4v) is 2.18. The van der Waals surface area contributed by atoms with Crippen molar-refractivity contribution >= 4 is 37.4 Å². The molecule has 93 valence electrons. The monoisotopic (exact) mass is 453 g/mol. The first-order valence-corrected chi connectivity index (χ1v) is 7.92. The Kier molecular flexibility index (Phi) is 7.64. The van der Waals surface area contributed by atoms with Gasteiger partial charge in [-0.25, -0.2) is 0 Å². The van der Waals surface area contributed by atoms with Gasteiger partial charge in [0.1, 0.15) is 0 Å². The van der Waals surface area contributed by atoms with E-state index in [-0.39, 0.29) is 0 Å². The number of hydrogen-bond donors (Lipinski definition) is 3. The Bertz CT molecular complexity index is 260. The number of nitrogens with two attached hydrogens (primary N) is 1. The Labute approximate surface area is 119 Å². The van der Waals surface area contributed by atoms with E-state index in [4.69, 9.17) is 10.5 Å². The van der Waals surface area contributed by atoms with Crippen LogP contribution in [0.3, 0.4) is 0 Å². The zero-order chi connectivity index (χ0) is 12.8. The van der Waals surface area contributed by atoms with Gasteiger partial charge in [0.05, 0.1) is 0 Å². The molecule has 6 nitrogen and oxygen atoms in total. The van der Waals surface area contributed by atoms with E-state index in [0.29, 0.717) is 0 Å². The van der Waals surface area contributed by atoms with Crippen molar-refractivity contribution in [1.82, 2.24) is 8.85 Å².